The molecule has 0 amide bonds. The monoisotopic (exact) mass is 194 g/mol. The van der Waals surface area contributed by atoms with E-state index in [1.807, 2.05) is 26.0 Å². The molecule has 0 aromatic heterocycles. The first-order valence-corrected chi connectivity index (χ1v) is 4.55. The summed E-state index contributed by atoms with van der Waals surface area (Å²) in [5, 5.41) is 0. The number of carbonyl (C=O) groups excluding carboxylic acids is 1. The molecule has 0 fully saturated rings. The largest absolute Gasteiger partial charge is 0.513 e. The zero-order chi connectivity index (χ0) is 10.6. The topological polar surface area (TPSA) is 35.5 Å². The lowest BCUT2D eigenvalue weighted by atomic mass is 10.1. The standard InChI is InChI=1S/C11H14O3/c1-4-13-11(12)14-10-6-5-8(2)7-9(10)3/h5-7H,4H2,1-3H3. The van der Waals surface area contributed by atoms with Crippen LogP contribution in [0.3, 0.4) is 0 Å². The summed E-state index contributed by atoms with van der Waals surface area (Å²) in [7, 11) is 0. The van der Waals surface area contributed by atoms with E-state index < -0.39 is 6.16 Å². The van der Waals surface area contributed by atoms with Crippen molar-refractivity contribution >= 4 is 6.16 Å². The van der Waals surface area contributed by atoms with Gasteiger partial charge in [-0.1, -0.05) is 17.7 Å². The number of benzene rings is 1. The van der Waals surface area contributed by atoms with Gasteiger partial charge in [0.25, 0.3) is 0 Å². The van der Waals surface area contributed by atoms with Crippen molar-refractivity contribution in [1.82, 2.24) is 0 Å². The normalized spacial score (nSPS) is 9.64. The van der Waals surface area contributed by atoms with E-state index in [-0.39, 0.29) is 0 Å². The molecule has 0 aliphatic rings. The lowest BCUT2D eigenvalue weighted by Crippen LogP contribution is -2.10. The predicted octanol–water partition coefficient (Wildman–Crippen LogP) is 2.84. The van der Waals surface area contributed by atoms with E-state index in [1.54, 1.807) is 13.0 Å². The van der Waals surface area contributed by atoms with Gasteiger partial charge < -0.3 is 9.47 Å². The number of carbonyl (C=O) groups is 1. The molecular formula is C11H14O3. The van der Waals surface area contributed by atoms with Gasteiger partial charge in [-0.25, -0.2) is 4.79 Å². The van der Waals surface area contributed by atoms with Crippen molar-refractivity contribution in [3.8, 4) is 5.75 Å². The van der Waals surface area contributed by atoms with Crippen LogP contribution in [-0.2, 0) is 4.74 Å². The van der Waals surface area contributed by atoms with Crippen LogP contribution < -0.4 is 4.74 Å². The average molecular weight is 194 g/mol. The third-order valence-corrected chi connectivity index (χ3v) is 1.79. The predicted molar refractivity (Wildman–Crippen MR) is 53.6 cm³/mol. The number of ether oxygens (including phenoxy) is 2. The minimum atomic E-state index is -0.653. The molecule has 3 heteroatoms. The SMILES string of the molecule is CCOC(=O)Oc1ccc(C)cc1C. The molecule has 0 heterocycles. The summed E-state index contributed by atoms with van der Waals surface area (Å²) in [6, 6.07) is 5.61. The Morgan fingerprint density at radius 1 is 1.36 bits per heavy atom. The molecular weight excluding hydrogens is 180 g/mol. The zero-order valence-electron chi connectivity index (χ0n) is 8.66. The van der Waals surface area contributed by atoms with Gasteiger partial charge in [0.05, 0.1) is 6.61 Å². The van der Waals surface area contributed by atoms with Crippen molar-refractivity contribution in [2.24, 2.45) is 0 Å². The lowest BCUT2D eigenvalue weighted by molar-refractivity contribution is 0.104. The highest BCUT2D eigenvalue weighted by Gasteiger charge is 2.06. The van der Waals surface area contributed by atoms with E-state index >= 15 is 0 Å². The Morgan fingerprint density at radius 3 is 2.64 bits per heavy atom. The van der Waals surface area contributed by atoms with Crippen LogP contribution in [0.15, 0.2) is 18.2 Å². The Balaban J connectivity index is 2.72. The highest BCUT2D eigenvalue weighted by Crippen LogP contribution is 2.18. The van der Waals surface area contributed by atoms with E-state index in [9.17, 15) is 4.79 Å². The zero-order valence-corrected chi connectivity index (χ0v) is 8.66. The fourth-order valence-electron chi connectivity index (χ4n) is 1.15. The number of hydrogen-bond donors (Lipinski definition) is 0. The molecule has 0 aliphatic heterocycles. The van der Waals surface area contributed by atoms with Crippen LogP contribution in [0.2, 0.25) is 0 Å². The van der Waals surface area contributed by atoms with Gasteiger partial charge in [-0.05, 0) is 32.4 Å². The maximum atomic E-state index is 11.0. The Morgan fingerprint density at radius 2 is 2.07 bits per heavy atom. The van der Waals surface area contributed by atoms with Crippen LogP contribution in [0.25, 0.3) is 0 Å². The van der Waals surface area contributed by atoms with Crippen molar-refractivity contribution in [2.75, 3.05) is 6.61 Å². The lowest BCUT2D eigenvalue weighted by Gasteiger charge is -2.07. The van der Waals surface area contributed by atoms with E-state index in [4.69, 9.17) is 4.74 Å². The molecule has 1 aromatic carbocycles. The molecule has 0 bridgehead atoms. The van der Waals surface area contributed by atoms with Crippen molar-refractivity contribution in [3.05, 3.63) is 29.3 Å². The maximum Gasteiger partial charge on any atom is 0.513 e. The van der Waals surface area contributed by atoms with E-state index in [0.717, 1.165) is 11.1 Å². The van der Waals surface area contributed by atoms with Gasteiger partial charge in [0, 0.05) is 0 Å². The molecule has 0 saturated carbocycles. The summed E-state index contributed by atoms with van der Waals surface area (Å²) in [6.07, 6.45) is -0.653. The molecule has 0 spiro atoms. The first-order valence-electron chi connectivity index (χ1n) is 4.55. The van der Waals surface area contributed by atoms with Gasteiger partial charge in [-0.2, -0.15) is 0 Å². The fourth-order valence-corrected chi connectivity index (χ4v) is 1.15. The van der Waals surface area contributed by atoms with E-state index in [0.29, 0.717) is 12.4 Å². The molecule has 0 saturated heterocycles. The average Bonchev–Trinajstić information content (AvgIpc) is 2.10. The Bertz CT molecular complexity index is 331. The Labute approximate surface area is 83.6 Å². The minimum Gasteiger partial charge on any atom is -0.434 e. The quantitative estimate of drug-likeness (QED) is 0.536. The summed E-state index contributed by atoms with van der Waals surface area (Å²) in [5.41, 5.74) is 2.07. The third kappa shape index (κ3) is 2.76. The fraction of sp³-hybridized carbons (Fsp3) is 0.364. The summed E-state index contributed by atoms with van der Waals surface area (Å²) in [4.78, 5) is 11.0. The number of aryl methyl sites for hydroxylation is 2. The number of rotatable bonds is 2. The molecule has 0 radical (unpaired) electrons. The van der Waals surface area contributed by atoms with Crippen molar-refractivity contribution in [1.29, 1.82) is 0 Å². The van der Waals surface area contributed by atoms with Crippen LogP contribution in [-0.4, -0.2) is 12.8 Å². The van der Waals surface area contributed by atoms with Gasteiger partial charge in [0.2, 0.25) is 0 Å². The van der Waals surface area contributed by atoms with Crippen molar-refractivity contribution < 1.29 is 14.3 Å². The third-order valence-electron chi connectivity index (χ3n) is 1.79. The van der Waals surface area contributed by atoms with Crippen molar-refractivity contribution in [3.63, 3.8) is 0 Å². The van der Waals surface area contributed by atoms with Crippen LogP contribution in [0.5, 0.6) is 5.75 Å². The molecule has 0 N–H and O–H groups in total. The second kappa shape index (κ2) is 4.65. The van der Waals surface area contributed by atoms with Crippen LogP contribution in [0, 0.1) is 13.8 Å². The van der Waals surface area contributed by atoms with Gasteiger partial charge in [0.1, 0.15) is 5.75 Å². The van der Waals surface area contributed by atoms with Gasteiger partial charge >= 0.3 is 6.16 Å². The van der Waals surface area contributed by atoms with Crippen LogP contribution >= 0.6 is 0 Å². The molecule has 0 unspecified atom stereocenters. The minimum absolute atomic E-state index is 0.323. The molecule has 1 rings (SSSR count). The van der Waals surface area contributed by atoms with E-state index in [2.05, 4.69) is 4.74 Å². The summed E-state index contributed by atoms with van der Waals surface area (Å²) >= 11 is 0. The summed E-state index contributed by atoms with van der Waals surface area (Å²) in [5.74, 6) is 0.550. The first-order chi connectivity index (χ1) is 6.63. The van der Waals surface area contributed by atoms with Crippen LogP contribution in [0.1, 0.15) is 18.1 Å². The summed E-state index contributed by atoms with van der Waals surface area (Å²) < 4.78 is 9.65. The maximum absolute atomic E-state index is 11.0. The highest BCUT2D eigenvalue weighted by atomic mass is 16.7. The molecule has 0 atom stereocenters. The number of hydrogen-bond acceptors (Lipinski definition) is 3. The van der Waals surface area contributed by atoms with Crippen molar-refractivity contribution in [2.45, 2.75) is 20.8 Å². The molecule has 76 valence electrons. The van der Waals surface area contributed by atoms with Crippen LogP contribution in [0.4, 0.5) is 4.79 Å². The highest BCUT2D eigenvalue weighted by molar-refractivity contribution is 5.64. The second-order valence-electron chi connectivity index (χ2n) is 3.05. The molecule has 1 aromatic rings. The first kappa shape index (κ1) is 10.6. The molecule has 3 nitrogen and oxygen atoms in total. The second-order valence-corrected chi connectivity index (χ2v) is 3.05. The smallest absolute Gasteiger partial charge is 0.434 e. The molecule has 0 aliphatic carbocycles. The Hall–Kier alpha value is -1.51. The van der Waals surface area contributed by atoms with Gasteiger partial charge in [0.15, 0.2) is 0 Å². The van der Waals surface area contributed by atoms with Gasteiger partial charge in [-0.3, -0.25) is 0 Å². The van der Waals surface area contributed by atoms with Gasteiger partial charge in [-0.15, -0.1) is 0 Å². The Kier molecular flexibility index (Phi) is 3.51. The van der Waals surface area contributed by atoms with E-state index in [1.165, 1.54) is 0 Å². The molecule has 14 heavy (non-hydrogen) atoms. The summed E-state index contributed by atoms with van der Waals surface area (Å²) in [6.45, 7) is 5.94.